The van der Waals surface area contributed by atoms with E-state index in [0.717, 1.165) is 0 Å². The van der Waals surface area contributed by atoms with Crippen LogP contribution in [0.2, 0.25) is 0 Å². The van der Waals surface area contributed by atoms with Crippen molar-refractivity contribution in [2.24, 2.45) is 5.73 Å². The zero-order chi connectivity index (χ0) is 28.6. The van der Waals surface area contributed by atoms with Crippen molar-refractivity contribution in [3.8, 4) is 22.3 Å². The lowest BCUT2D eigenvalue weighted by Gasteiger charge is -2.03. The van der Waals surface area contributed by atoms with Gasteiger partial charge in [-0.05, 0) is 66.6 Å². The van der Waals surface area contributed by atoms with Crippen LogP contribution < -0.4 is 5.73 Å². The Morgan fingerprint density at radius 2 is 0.925 bits per heavy atom. The Morgan fingerprint density at radius 1 is 0.525 bits per heavy atom. The molecule has 0 aliphatic heterocycles. The molecular formula is C39H41N. The van der Waals surface area contributed by atoms with E-state index in [0.29, 0.717) is 6.54 Å². The van der Waals surface area contributed by atoms with Crippen LogP contribution in [-0.2, 0) is 6.54 Å². The molecule has 0 saturated carbocycles. The standard InChI is InChI=1S/C13H17N.2C13H12/c1-3-5-12(4-2)13-8-6-11(10-14)7-9-13;2*1-11-7-9-13(10-8-11)12-5-3-2-4-6-12/h3-9H,10,14H2,1-2H3;2*2-10H,1H3/b5-3-,12-4+;;. The smallest absolute Gasteiger partial charge is 0.0178 e. The molecule has 202 valence electrons. The molecule has 2 N–H and O–H groups in total. The summed E-state index contributed by atoms with van der Waals surface area (Å²) < 4.78 is 0. The fraction of sp³-hybridized carbons (Fsp3) is 0.128. The van der Waals surface area contributed by atoms with Gasteiger partial charge in [0, 0.05) is 6.54 Å². The van der Waals surface area contributed by atoms with Gasteiger partial charge in [-0.2, -0.15) is 0 Å². The van der Waals surface area contributed by atoms with E-state index in [9.17, 15) is 0 Å². The van der Waals surface area contributed by atoms with Crippen LogP contribution in [0.3, 0.4) is 0 Å². The molecule has 5 aromatic rings. The van der Waals surface area contributed by atoms with E-state index >= 15 is 0 Å². The first kappa shape index (κ1) is 30.1. The molecule has 0 radical (unpaired) electrons. The zero-order valence-corrected chi connectivity index (χ0v) is 24.2. The number of benzene rings is 5. The lowest BCUT2D eigenvalue weighted by Crippen LogP contribution is -1.95. The minimum Gasteiger partial charge on any atom is -0.326 e. The van der Waals surface area contributed by atoms with E-state index in [4.69, 9.17) is 5.73 Å². The van der Waals surface area contributed by atoms with Gasteiger partial charge in [0.25, 0.3) is 0 Å². The van der Waals surface area contributed by atoms with Gasteiger partial charge in [-0.3, -0.25) is 0 Å². The molecule has 0 bridgehead atoms. The van der Waals surface area contributed by atoms with Gasteiger partial charge in [0.05, 0.1) is 0 Å². The van der Waals surface area contributed by atoms with Gasteiger partial charge < -0.3 is 5.73 Å². The second-order valence-corrected chi connectivity index (χ2v) is 9.61. The van der Waals surface area contributed by atoms with Crippen LogP contribution in [0, 0.1) is 13.8 Å². The summed E-state index contributed by atoms with van der Waals surface area (Å²) in [6.07, 6.45) is 6.26. The minimum absolute atomic E-state index is 0.606. The molecule has 0 unspecified atom stereocenters. The Labute approximate surface area is 241 Å². The largest absolute Gasteiger partial charge is 0.326 e. The number of allylic oxidation sites excluding steroid dienone is 4. The molecule has 0 fully saturated rings. The third-order valence-corrected chi connectivity index (χ3v) is 6.50. The van der Waals surface area contributed by atoms with Gasteiger partial charge in [-0.25, -0.2) is 0 Å². The topological polar surface area (TPSA) is 26.0 Å². The van der Waals surface area contributed by atoms with Crippen molar-refractivity contribution in [1.29, 1.82) is 0 Å². The maximum Gasteiger partial charge on any atom is 0.0178 e. The van der Waals surface area contributed by atoms with E-state index in [1.807, 2.05) is 32.1 Å². The molecule has 0 aliphatic carbocycles. The summed E-state index contributed by atoms with van der Waals surface area (Å²) in [5.74, 6) is 0. The van der Waals surface area contributed by atoms with Crippen molar-refractivity contribution in [1.82, 2.24) is 0 Å². The minimum atomic E-state index is 0.606. The lowest BCUT2D eigenvalue weighted by atomic mass is 10.0. The molecule has 5 aromatic carbocycles. The van der Waals surface area contributed by atoms with E-state index in [2.05, 4.69) is 147 Å². The molecule has 0 aromatic heterocycles. The molecule has 5 rings (SSSR count). The lowest BCUT2D eigenvalue weighted by molar-refractivity contribution is 1.07. The van der Waals surface area contributed by atoms with Crippen molar-refractivity contribution < 1.29 is 0 Å². The number of rotatable bonds is 5. The summed E-state index contributed by atoms with van der Waals surface area (Å²) in [5, 5.41) is 0. The van der Waals surface area contributed by atoms with Crippen LogP contribution in [0.5, 0.6) is 0 Å². The third-order valence-electron chi connectivity index (χ3n) is 6.50. The van der Waals surface area contributed by atoms with Crippen molar-refractivity contribution in [2.75, 3.05) is 0 Å². The number of nitrogens with two attached hydrogens (primary N) is 1. The normalized spacial score (nSPS) is 10.8. The van der Waals surface area contributed by atoms with Gasteiger partial charge in [0.1, 0.15) is 0 Å². The molecule has 0 saturated heterocycles. The van der Waals surface area contributed by atoms with E-state index in [1.165, 1.54) is 50.1 Å². The average molecular weight is 524 g/mol. The maximum atomic E-state index is 5.54. The summed E-state index contributed by atoms with van der Waals surface area (Å²) in [6.45, 7) is 8.89. The highest BCUT2D eigenvalue weighted by molar-refractivity contribution is 5.73. The SMILES string of the molecule is C/C=C\C(=C/C)c1ccc(CN)cc1.Cc1ccc(-c2ccccc2)cc1.Cc1ccc(-c2ccccc2)cc1. The Morgan fingerprint density at radius 3 is 1.27 bits per heavy atom. The quantitative estimate of drug-likeness (QED) is 0.228. The van der Waals surface area contributed by atoms with Crippen LogP contribution in [0.25, 0.3) is 27.8 Å². The molecule has 0 aliphatic rings. The molecule has 0 amide bonds. The Bertz CT molecular complexity index is 1360. The molecular weight excluding hydrogens is 482 g/mol. The molecule has 1 nitrogen and oxygen atoms in total. The molecule has 40 heavy (non-hydrogen) atoms. The van der Waals surface area contributed by atoms with Gasteiger partial charge >= 0.3 is 0 Å². The zero-order valence-electron chi connectivity index (χ0n) is 24.2. The second kappa shape index (κ2) is 16.5. The highest BCUT2D eigenvalue weighted by atomic mass is 14.5. The van der Waals surface area contributed by atoms with Crippen molar-refractivity contribution in [2.45, 2.75) is 34.2 Å². The molecule has 1 heteroatoms. The summed E-state index contributed by atoms with van der Waals surface area (Å²) in [4.78, 5) is 0. The van der Waals surface area contributed by atoms with Crippen LogP contribution >= 0.6 is 0 Å². The van der Waals surface area contributed by atoms with Crippen LogP contribution in [0.4, 0.5) is 0 Å². The summed E-state index contributed by atoms with van der Waals surface area (Å²) in [7, 11) is 0. The first-order valence-electron chi connectivity index (χ1n) is 13.9. The fourth-order valence-electron chi connectivity index (χ4n) is 4.13. The maximum absolute atomic E-state index is 5.54. The van der Waals surface area contributed by atoms with Crippen molar-refractivity contribution in [3.05, 3.63) is 174 Å². The van der Waals surface area contributed by atoms with Gasteiger partial charge in [-0.15, -0.1) is 0 Å². The number of aryl methyl sites for hydroxylation is 2. The van der Waals surface area contributed by atoms with E-state index < -0.39 is 0 Å². The molecule has 0 spiro atoms. The van der Waals surface area contributed by atoms with Crippen LogP contribution in [0.1, 0.15) is 36.1 Å². The first-order valence-corrected chi connectivity index (χ1v) is 13.9. The van der Waals surface area contributed by atoms with Gasteiger partial charge in [0.15, 0.2) is 0 Å². The number of hydrogen-bond donors (Lipinski definition) is 1. The summed E-state index contributed by atoms with van der Waals surface area (Å²) >= 11 is 0. The fourth-order valence-corrected chi connectivity index (χ4v) is 4.13. The highest BCUT2D eigenvalue weighted by Gasteiger charge is 1.97. The Hall–Kier alpha value is -4.46. The molecule has 0 heterocycles. The average Bonchev–Trinajstić information content (AvgIpc) is 3.02. The predicted octanol–water partition coefficient (Wildman–Crippen LogP) is 10.4. The van der Waals surface area contributed by atoms with Crippen LogP contribution in [-0.4, -0.2) is 0 Å². The van der Waals surface area contributed by atoms with Crippen molar-refractivity contribution in [3.63, 3.8) is 0 Å². The van der Waals surface area contributed by atoms with Crippen molar-refractivity contribution >= 4 is 5.57 Å². The van der Waals surface area contributed by atoms with Gasteiger partial charge in [0.2, 0.25) is 0 Å². The summed E-state index contributed by atoms with van der Waals surface area (Å²) in [6, 6.07) is 46.4. The Kier molecular flexibility index (Phi) is 12.4. The van der Waals surface area contributed by atoms with Crippen LogP contribution in [0.15, 0.2) is 152 Å². The summed E-state index contributed by atoms with van der Waals surface area (Å²) in [5.41, 5.74) is 16.9. The second-order valence-electron chi connectivity index (χ2n) is 9.61. The Balaban J connectivity index is 0.000000165. The predicted molar refractivity (Wildman–Crippen MR) is 176 cm³/mol. The van der Waals surface area contributed by atoms with Gasteiger partial charge in [-0.1, -0.05) is 163 Å². The van der Waals surface area contributed by atoms with E-state index in [-0.39, 0.29) is 0 Å². The first-order chi connectivity index (χ1) is 19.5. The monoisotopic (exact) mass is 523 g/mol. The molecule has 0 atom stereocenters. The van der Waals surface area contributed by atoms with E-state index in [1.54, 1.807) is 0 Å². The highest BCUT2D eigenvalue weighted by Crippen LogP contribution is 2.20. The number of hydrogen-bond acceptors (Lipinski definition) is 1. The third kappa shape index (κ3) is 9.69.